The molecule has 1 aliphatic rings. The van der Waals surface area contributed by atoms with Crippen LogP contribution < -0.4 is 5.32 Å². The first-order chi connectivity index (χ1) is 20.4. The topological polar surface area (TPSA) is 104 Å². The highest BCUT2D eigenvalue weighted by molar-refractivity contribution is 6.04. The minimum atomic E-state index is -0.636. The molecule has 5 unspecified atom stereocenters. The zero-order valence-corrected chi connectivity index (χ0v) is 23.8. The molecule has 42 heavy (non-hydrogen) atoms. The maximum atomic E-state index is 12.5. The van der Waals surface area contributed by atoms with Crippen LogP contribution in [0.4, 0.5) is 5.69 Å². The number of nitrogens with one attached hydrogen (secondary N) is 1. The molecule has 0 saturated carbocycles. The van der Waals surface area contributed by atoms with Gasteiger partial charge >= 0.3 is 0 Å². The van der Waals surface area contributed by atoms with Crippen molar-refractivity contribution in [3.8, 4) is 0 Å². The third-order valence-corrected chi connectivity index (χ3v) is 7.76. The maximum Gasteiger partial charge on any atom is 0.257 e. The molecule has 5 atom stereocenters. The van der Waals surface area contributed by atoms with Crippen LogP contribution in [0.3, 0.4) is 0 Å². The van der Waals surface area contributed by atoms with Gasteiger partial charge in [0.2, 0.25) is 0 Å². The zero-order chi connectivity index (χ0) is 29.5. The van der Waals surface area contributed by atoms with Crippen molar-refractivity contribution in [2.75, 3.05) is 18.9 Å². The molecule has 218 valence electrons. The molecule has 4 aromatic rings. The van der Waals surface area contributed by atoms with Crippen molar-refractivity contribution in [1.82, 2.24) is 9.88 Å². The Labute approximate surface area is 246 Å². The summed E-state index contributed by atoms with van der Waals surface area (Å²) in [5.41, 5.74) is 4.68. The third kappa shape index (κ3) is 7.28. The van der Waals surface area contributed by atoms with E-state index < -0.39 is 12.4 Å². The third-order valence-electron chi connectivity index (χ3n) is 7.76. The van der Waals surface area contributed by atoms with Gasteiger partial charge in [-0.3, -0.25) is 14.7 Å². The number of rotatable bonds is 10. The molecule has 0 spiro atoms. The monoisotopic (exact) mass is 567 g/mol. The van der Waals surface area contributed by atoms with Gasteiger partial charge in [-0.1, -0.05) is 66.7 Å². The van der Waals surface area contributed by atoms with E-state index in [1.807, 2.05) is 92.8 Å². The predicted octanol–water partition coefficient (Wildman–Crippen LogP) is 5.43. The lowest BCUT2D eigenvalue weighted by Gasteiger charge is -2.39. The van der Waals surface area contributed by atoms with Crippen LogP contribution in [0.1, 0.15) is 64.5 Å². The molecule has 1 saturated heterocycles. The van der Waals surface area contributed by atoms with Crippen molar-refractivity contribution < 1.29 is 24.5 Å². The molecule has 3 aromatic carbocycles. The normalized spacial score (nSPS) is 20.2. The molecule has 1 fully saturated rings. The lowest BCUT2D eigenvalue weighted by molar-refractivity contribution is -0.253. The van der Waals surface area contributed by atoms with Crippen molar-refractivity contribution in [2.24, 2.45) is 0 Å². The molecule has 1 aliphatic heterocycles. The summed E-state index contributed by atoms with van der Waals surface area (Å²) < 4.78 is 12.9. The lowest BCUT2D eigenvalue weighted by Crippen LogP contribution is -2.43. The average molecular weight is 568 g/mol. The number of anilines is 1. The molecule has 1 amide bonds. The first kappa shape index (κ1) is 29.6. The van der Waals surface area contributed by atoms with Crippen LogP contribution in [-0.4, -0.2) is 51.7 Å². The predicted molar refractivity (Wildman–Crippen MR) is 161 cm³/mol. The Balaban J connectivity index is 1.31. The Morgan fingerprint density at radius 1 is 0.976 bits per heavy atom. The van der Waals surface area contributed by atoms with Crippen LogP contribution in [0.5, 0.6) is 0 Å². The number of pyridine rings is 1. The highest BCUT2D eigenvalue weighted by Crippen LogP contribution is 2.38. The molecule has 0 bridgehead atoms. The SMILES string of the molecule is CC(C(O)c1ccccc1)N(C)CC1CC(c2ccc(CO)cc2)OC(c2ccc(NC(=O)c3cccnc3)cc2)O1. The molecule has 2 heterocycles. The Kier molecular flexibility index (Phi) is 9.74. The van der Waals surface area contributed by atoms with E-state index in [1.165, 1.54) is 6.20 Å². The van der Waals surface area contributed by atoms with E-state index in [1.54, 1.807) is 18.3 Å². The second-order valence-corrected chi connectivity index (χ2v) is 10.7. The number of amides is 1. The van der Waals surface area contributed by atoms with Gasteiger partial charge in [0, 0.05) is 42.7 Å². The Hall–Kier alpha value is -3.92. The quantitative estimate of drug-likeness (QED) is 0.235. The fraction of sp³-hybridized carbons (Fsp3) is 0.294. The number of hydrogen-bond acceptors (Lipinski definition) is 7. The highest BCUT2D eigenvalue weighted by Gasteiger charge is 2.34. The second kappa shape index (κ2) is 13.8. The number of aromatic nitrogens is 1. The van der Waals surface area contributed by atoms with Gasteiger partial charge in [-0.05, 0) is 54.9 Å². The molecular weight excluding hydrogens is 530 g/mol. The van der Waals surface area contributed by atoms with E-state index >= 15 is 0 Å². The number of ether oxygens (including phenoxy) is 2. The van der Waals surface area contributed by atoms with Crippen LogP contribution in [0, 0.1) is 0 Å². The van der Waals surface area contributed by atoms with Gasteiger partial charge < -0.3 is 25.0 Å². The minimum Gasteiger partial charge on any atom is -0.392 e. The van der Waals surface area contributed by atoms with E-state index in [-0.39, 0.29) is 30.8 Å². The average Bonchev–Trinajstić information content (AvgIpc) is 3.05. The van der Waals surface area contributed by atoms with E-state index in [9.17, 15) is 15.0 Å². The Bertz CT molecular complexity index is 1420. The summed E-state index contributed by atoms with van der Waals surface area (Å²) in [5.74, 6) is -0.234. The molecule has 0 aliphatic carbocycles. The number of carbonyl (C=O) groups excluding carboxylic acids is 1. The molecule has 8 heteroatoms. The number of carbonyl (C=O) groups is 1. The van der Waals surface area contributed by atoms with Crippen LogP contribution in [0.25, 0.3) is 0 Å². The number of nitrogens with zero attached hydrogens (tertiary/aromatic N) is 2. The summed E-state index contributed by atoms with van der Waals surface area (Å²) in [4.78, 5) is 18.7. The molecule has 0 radical (unpaired) electrons. The first-order valence-electron chi connectivity index (χ1n) is 14.2. The Morgan fingerprint density at radius 3 is 2.36 bits per heavy atom. The van der Waals surface area contributed by atoms with Gasteiger partial charge in [-0.25, -0.2) is 0 Å². The Morgan fingerprint density at radius 2 is 1.69 bits per heavy atom. The van der Waals surface area contributed by atoms with Crippen molar-refractivity contribution in [2.45, 2.75) is 50.6 Å². The van der Waals surface area contributed by atoms with Gasteiger partial charge in [0.15, 0.2) is 6.29 Å². The van der Waals surface area contributed by atoms with Crippen LogP contribution >= 0.6 is 0 Å². The molecule has 3 N–H and O–H groups in total. The molecule has 5 rings (SSSR count). The largest absolute Gasteiger partial charge is 0.392 e. The summed E-state index contributed by atoms with van der Waals surface area (Å²) in [7, 11) is 2.00. The fourth-order valence-corrected chi connectivity index (χ4v) is 5.11. The molecule has 1 aromatic heterocycles. The number of benzene rings is 3. The summed E-state index contributed by atoms with van der Waals surface area (Å²) in [5, 5.41) is 23.4. The van der Waals surface area contributed by atoms with Crippen LogP contribution in [0.2, 0.25) is 0 Å². The zero-order valence-electron chi connectivity index (χ0n) is 23.8. The van der Waals surface area contributed by atoms with Crippen molar-refractivity contribution in [3.05, 3.63) is 131 Å². The number of aliphatic hydroxyl groups excluding tert-OH is 2. The number of aliphatic hydroxyl groups is 2. The smallest absolute Gasteiger partial charge is 0.257 e. The van der Waals surface area contributed by atoms with Crippen molar-refractivity contribution in [3.63, 3.8) is 0 Å². The van der Waals surface area contributed by atoms with E-state index in [4.69, 9.17) is 9.47 Å². The minimum absolute atomic E-state index is 0.0176. The molecular formula is C34H37N3O5. The summed E-state index contributed by atoms with van der Waals surface area (Å²) in [6.07, 6.45) is 2.12. The van der Waals surface area contributed by atoms with Crippen LogP contribution in [0.15, 0.2) is 103 Å². The van der Waals surface area contributed by atoms with Crippen molar-refractivity contribution in [1.29, 1.82) is 0 Å². The summed E-state index contributed by atoms with van der Waals surface area (Å²) in [6.45, 7) is 2.59. The van der Waals surface area contributed by atoms with Gasteiger partial charge in [-0.15, -0.1) is 0 Å². The van der Waals surface area contributed by atoms with Gasteiger partial charge in [0.25, 0.3) is 5.91 Å². The van der Waals surface area contributed by atoms with Gasteiger partial charge in [0.05, 0.1) is 30.5 Å². The highest BCUT2D eigenvalue weighted by atomic mass is 16.7. The fourth-order valence-electron chi connectivity index (χ4n) is 5.11. The van der Waals surface area contributed by atoms with E-state index in [0.29, 0.717) is 24.2 Å². The van der Waals surface area contributed by atoms with E-state index in [2.05, 4.69) is 15.2 Å². The number of hydrogen-bond donors (Lipinski definition) is 3. The maximum absolute atomic E-state index is 12.5. The lowest BCUT2D eigenvalue weighted by atomic mass is 9.98. The summed E-state index contributed by atoms with van der Waals surface area (Å²) in [6, 6.07) is 28.2. The molecule has 8 nitrogen and oxygen atoms in total. The van der Waals surface area contributed by atoms with Gasteiger partial charge in [-0.2, -0.15) is 0 Å². The second-order valence-electron chi connectivity index (χ2n) is 10.7. The van der Waals surface area contributed by atoms with E-state index in [0.717, 1.165) is 22.3 Å². The first-order valence-corrected chi connectivity index (χ1v) is 14.2. The summed E-state index contributed by atoms with van der Waals surface area (Å²) >= 11 is 0. The number of likely N-dealkylation sites (N-methyl/N-ethyl adjacent to an activating group) is 1. The van der Waals surface area contributed by atoms with Gasteiger partial charge in [0.1, 0.15) is 0 Å². The van der Waals surface area contributed by atoms with Crippen LogP contribution in [-0.2, 0) is 16.1 Å². The van der Waals surface area contributed by atoms with Crippen molar-refractivity contribution >= 4 is 11.6 Å². The standard InChI is InChI=1S/C34H37N3O5/c1-23(32(39)26-7-4-3-5-8-26)37(2)21-30-19-31(25-12-10-24(22-38)11-13-25)42-34(41-30)27-14-16-29(17-15-27)36-33(40)28-9-6-18-35-20-28/h3-18,20,23,30-32,34,38-39H,19,21-22H2,1-2H3,(H,36,40).